The van der Waals surface area contributed by atoms with Gasteiger partial charge < -0.3 is 14.2 Å². The Morgan fingerprint density at radius 1 is 1.03 bits per heavy atom. The van der Waals surface area contributed by atoms with Gasteiger partial charge in [-0.25, -0.2) is 4.79 Å². The van der Waals surface area contributed by atoms with Crippen molar-refractivity contribution in [2.45, 2.75) is 77.9 Å². The molecule has 0 radical (unpaired) electrons. The van der Waals surface area contributed by atoms with Crippen LogP contribution < -0.4 is 4.74 Å². The van der Waals surface area contributed by atoms with Crippen molar-refractivity contribution in [2.24, 2.45) is 34.5 Å². The number of rotatable bonds is 4. The second-order valence-corrected chi connectivity index (χ2v) is 11.0. The summed E-state index contributed by atoms with van der Waals surface area (Å²) in [6, 6.07) is 9.22. The summed E-state index contributed by atoms with van der Waals surface area (Å²) in [7, 11) is 0. The summed E-state index contributed by atoms with van der Waals surface area (Å²) in [5, 5.41) is 0. The summed E-state index contributed by atoms with van der Waals surface area (Å²) < 4.78 is 17.3. The van der Waals surface area contributed by atoms with Gasteiger partial charge in [0.2, 0.25) is 0 Å². The molecule has 0 spiro atoms. The Labute approximate surface area is 192 Å². The van der Waals surface area contributed by atoms with E-state index < -0.39 is 6.16 Å². The van der Waals surface area contributed by atoms with E-state index in [1.54, 1.807) is 12.1 Å². The standard InChI is InChI=1S/C28H38O4/c1-4-30-21-14-16-27(2)19(18-21)10-11-22-23-12-13-25(28(23,3)17-15-24(22)27)32-26(29)31-20-8-6-5-7-9-20/h5-9,14,16,19,21-25H,4,10-13,15,17-18H2,1-3H3/t19-,21+,22-,23-,24-,25-,27-,28-/m0/s1. The topological polar surface area (TPSA) is 44.8 Å². The van der Waals surface area contributed by atoms with E-state index in [1.165, 1.54) is 25.7 Å². The molecular weight excluding hydrogens is 400 g/mol. The number of hydrogen-bond donors (Lipinski definition) is 0. The summed E-state index contributed by atoms with van der Waals surface area (Å²) in [4.78, 5) is 12.5. The van der Waals surface area contributed by atoms with Crippen LogP contribution in [0.25, 0.3) is 0 Å². The molecule has 0 aromatic heterocycles. The van der Waals surface area contributed by atoms with E-state index in [4.69, 9.17) is 14.2 Å². The molecule has 0 aliphatic heterocycles. The zero-order chi connectivity index (χ0) is 22.3. The lowest BCUT2D eigenvalue weighted by molar-refractivity contribution is -0.106. The first-order chi connectivity index (χ1) is 15.4. The van der Waals surface area contributed by atoms with Crippen LogP contribution in [0.1, 0.15) is 65.7 Å². The lowest BCUT2D eigenvalue weighted by Crippen LogP contribution is -2.53. The quantitative estimate of drug-likeness (QED) is 0.295. The second kappa shape index (κ2) is 8.52. The van der Waals surface area contributed by atoms with E-state index in [1.807, 2.05) is 18.2 Å². The minimum absolute atomic E-state index is 0.0422. The molecule has 1 aromatic carbocycles. The van der Waals surface area contributed by atoms with Crippen LogP contribution >= 0.6 is 0 Å². The van der Waals surface area contributed by atoms with Gasteiger partial charge in [-0.05, 0) is 93.1 Å². The van der Waals surface area contributed by atoms with Crippen LogP contribution in [0.4, 0.5) is 4.79 Å². The molecule has 4 nitrogen and oxygen atoms in total. The van der Waals surface area contributed by atoms with Gasteiger partial charge in [-0.15, -0.1) is 0 Å². The molecule has 0 heterocycles. The number of para-hydroxylation sites is 1. The highest BCUT2D eigenvalue weighted by molar-refractivity contribution is 5.64. The minimum atomic E-state index is -0.557. The Morgan fingerprint density at radius 2 is 1.84 bits per heavy atom. The molecule has 3 saturated carbocycles. The van der Waals surface area contributed by atoms with Gasteiger partial charge in [0.05, 0.1) is 6.10 Å². The molecule has 4 aliphatic rings. The van der Waals surface area contributed by atoms with Crippen LogP contribution in [0.3, 0.4) is 0 Å². The van der Waals surface area contributed by atoms with E-state index in [-0.39, 0.29) is 16.9 Å². The number of fused-ring (bicyclic) bond motifs is 5. The van der Waals surface area contributed by atoms with Crippen LogP contribution in [0.15, 0.2) is 42.5 Å². The maximum atomic E-state index is 12.5. The van der Waals surface area contributed by atoms with Crippen molar-refractivity contribution < 1.29 is 19.0 Å². The summed E-state index contributed by atoms with van der Waals surface area (Å²) in [6.45, 7) is 7.77. The van der Waals surface area contributed by atoms with Crippen molar-refractivity contribution in [3.8, 4) is 5.75 Å². The number of benzene rings is 1. The average molecular weight is 439 g/mol. The lowest BCUT2D eigenvalue weighted by Gasteiger charge is -2.59. The number of ether oxygens (including phenoxy) is 3. The molecule has 0 amide bonds. The molecular formula is C28H38O4. The molecule has 3 fully saturated rings. The third kappa shape index (κ3) is 3.69. The molecule has 0 N–H and O–H groups in total. The van der Waals surface area contributed by atoms with E-state index in [2.05, 4.69) is 32.9 Å². The fraction of sp³-hybridized carbons (Fsp3) is 0.679. The van der Waals surface area contributed by atoms with Crippen molar-refractivity contribution in [3.63, 3.8) is 0 Å². The third-order valence-electron chi connectivity index (χ3n) is 9.63. The van der Waals surface area contributed by atoms with Crippen molar-refractivity contribution in [1.29, 1.82) is 0 Å². The second-order valence-electron chi connectivity index (χ2n) is 11.0. The molecule has 0 unspecified atom stereocenters. The highest BCUT2D eigenvalue weighted by atomic mass is 16.7. The first kappa shape index (κ1) is 22.0. The zero-order valence-electron chi connectivity index (χ0n) is 19.8. The molecule has 0 saturated heterocycles. The van der Waals surface area contributed by atoms with Gasteiger partial charge in [-0.1, -0.05) is 44.2 Å². The van der Waals surface area contributed by atoms with Gasteiger partial charge in [0, 0.05) is 12.0 Å². The highest BCUT2D eigenvalue weighted by Gasteiger charge is 2.60. The van der Waals surface area contributed by atoms with Gasteiger partial charge in [-0.3, -0.25) is 0 Å². The average Bonchev–Trinajstić information content (AvgIpc) is 3.11. The fourth-order valence-corrected chi connectivity index (χ4v) is 7.98. The molecule has 4 heteroatoms. The third-order valence-corrected chi connectivity index (χ3v) is 9.63. The maximum absolute atomic E-state index is 12.5. The molecule has 4 aliphatic carbocycles. The number of carbonyl (C=O) groups is 1. The van der Waals surface area contributed by atoms with E-state index in [0.717, 1.165) is 43.6 Å². The zero-order valence-corrected chi connectivity index (χ0v) is 19.8. The van der Waals surface area contributed by atoms with Crippen LogP contribution in [0.2, 0.25) is 0 Å². The molecule has 174 valence electrons. The van der Waals surface area contributed by atoms with Crippen molar-refractivity contribution in [2.75, 3.05) is 6.61 Å². The normalized spacial score (nSPS) is 42.5. The first-order valence-corrected chi connectivity index (χ1v) is 12.7. The van der Waals surface area contributed by atoms with Crippen LogP contribution in [-0.4, -0.2) is 25.0 Å². The van der Waals surface area contributed by atoms with E-state index >= 15 is 0 Å². The largest absolute Gasteiger partial charge is 0.514 e. The maximum Gasteiger partial charge on any atom is 0.514 e. The predicted octanol–water partition coefficient (Wildman–Crippen LogP) is 6.79. The van der Waals surface area contributed by atoms with Crippen molar-refractivity contribution in [3.05, 3.63) is 42.5 Å². The van der Waals surface area contributed by atoms with Crippen LogP contribution in [0.5, 0.6) is 5.75 Å². The monoisotopic (exact) mass is 438 g/mol. The van der Waals surface area contributed by atoms with Gasteiger partial charge in [0.25, 0.3) is 0 Å². The highest BCUT2D eigenvalue weighted by Crippen LogP contribution is 2.65. The minimum Gasteiger partial charge on any atom is -0.430 e. The molecule has 1 aromatic rings. The van der Waals surface area contributed by atoms with Gasteiger partial charge >= 0.3 is 6.16 Å². The Bertz CT molecular complexity index is 850. The fourth-order valence-electron chi connectivity index (χ4n) is 7.98. The SMILES string of the molecule is CCO[C@@H]1C=C[C@@]2(C)[C@@H](CC[C@@H]3[C@@H]2CC[C@]2(C)[C@@H](OC(=O)Oc4ccccc4)CC[C@@H]32)C1. The Morgan fingerprint density at radius 3 is 2.62 bits per heavy atom. The number of hydrogen-bond acceptors (Lipinski definition) is 4. The van der Waals surface area contributed by atoms with Crippen molar-refractivity contribution in [1.82, 2.24) is 0 Å². The Kier molecular flexibility index (Phi) is 5.86. The van der Waals surface area contributed by atoms with Crippen LogP contribution in [0, 0.1) is 34.5 Å². The van der Waals surface area contributed by atoms with Gasteiger partial charge in [0.1, 0.15) is 11.9 Å². The molecule has 8 atom stereocenters. The summed E-state index contributed by atoms with van der Waals surface area (Å²) in [5.41, 5.74) is 0.343. The first-order valence-electron chi connectivity index (χ1n) is 12.7. The summed E-state index contributed by atoms with van der Waals surface area (Å²) >= 11 is 0. The van der Waals surface area contributed by atoms with Crippen molar-refractivity contribution >= 4 is 6.16 Å². The number of carbonyl (C=O) groups excluding carboxylic acids is 1. The van der Waals surface area contributed by atoms with Gasteiger partial charge in [0.15, 0.2) is 0 Å². The Balaban J connectivity index is 1.29. The molecule has 5 rings (SSSR count). The molecule has 0 bridgehead atoms. The Hall–Kier alpha value is -1.81. The summed E-state index contributed by atoms with van der Waals surface area (Å²) in [6.07, 6.45) is 12.8. The summed E-state index contributed by atoms with van der Waals surface area (Å²) in [5.74, 6) is 3.35. The predicted molar refractivity (Wildman–Crippen MR) is 124 cm³/mol. The smallest absolute Gasteiger partial charge is 0.430 e. The lowest BCUT2D eigenvalue weighted by atomic mass is 9.46. The van der Waals surface area contributed by atoms with E-state index in [0.29, 0.717) is 17.8 Å². The van der Waals surface area contributed by atoms with E-state index in [9.17, 15) is 4.79 Å². The van der Waals surface area contributed by atoms with Gasteiger partial charge in [-0.2, -0.15) is 0 Å². The number of allylic oxidation sites excluding steroid dienone is 1. The molecule has 32 heavy (non-hydrogen) atoms. The van der Waals surface area contributed by atoms with Crippen LogP contribution in [-0.2, 0) is 9.47 Å².